The summed E-state index contributed by atoms with van der Waals surface area (Å²) in [5, 5.41) is 0. The van der Waals surface area contributed by atoms with Crippen LogP contribution in [0.1, 0.15) is 30.1 Å². The molecule has 0 aliphatic carbocycles. The molecule has 1 aromatic heterocycles. The van der Waals surface area contributed by atoms with Crippen LogP contribution in [0.4, 0.5) is 0 Å². The van der Waals surface area contributed by atoms with E-state index in [4.69, 9.17) is 0 Å². The first kappa shape index (κ1) is 8.70. The molecule has 0 spiro atoms. The molecule has 1 saturated heterocycles. The number of aromatic nitrogens is 1. The highest BCUT2D eigenvalue weighted by molar-refractivity contribution is 5.15. The van der Waals surface area contributed by atoms with Gasteiger partial charge in [0.1, 0.15) is 0 Å². The Balaban J connectivity index is 2.20. The second kappa shape index (κ2) is 3.46. The predicted molar refractivity (Wildman–Crippen MR) is 53.6 cm³/mol. The Morgan fingerprint density at radius 1 is 1.46 bits per heavy atom. The Hall–Kier alpha value is -0.890. The Morgan fingerprint density at radius 3 is 2.85 bits per heavy atom. The molecular formula is C11H16N2. The number of aryl methyl sites for hydroxylation is 1. The van der Waals surface area contributed by atoms with Gasteiger partial charge in [0.05, 0.1) is 11.7 Å². The molecule has 2 heteroatoms. The fourth-order valence-electron chi connectivity index (χ4n) is 1.96. The molecule has 0 amide bonds. The Morgan fingerprint density at radius 2 is 2.31 bits per heavy atom. The van der Waals surface area contributed by atoms with Crippen molar-refractivity contribution in [1.29, 1.82) is 0 Å². The van der Waals surface area contributed by atoms with Crippen molar-refractivity contribution in [3.05, 3.63) is 29.6 Å². The van der Waals surface area contributed by atoms with Crippen LogP contribution in [0.2, 0.25) is 0 Å². The maximum Gasteiger partial charge on any atom is 0.0575 e. The highest BCUT2D eigenvalue weighted by Crippen LogP contribution is 2.28. The molecule has 1 aromatic rings. The summed E-state index contributed by atoms with van der Waals surface area (Å²) in [6, 6.07) is 4.86. The fourth-order valence-corrected chi connectivity index (χ4v) is 1.96. The van der Waals surface area contributed by atoms with E-state index >= 15 is 0 Å². The SMILES string of the molecule is Cc1ccc(C2CCCN2C)nc1. The molecule has 0 N–H and O–H groups in total. The zero-order valence-corrected chi connectivity index (χ0v) is 8.33. The minimum atomic E-state index is 0.556. The first-order valence-electron chi connectivity index (χ1n) is 4.90. The first-order chi connectivity index (χ1) is 6.27. The van der Waals surface area contributed by atoms with Gasteiger partial charge in [-0.25, -0.2) is 0 Å². The van der Waals surface area contributed by atoms with Gasteiger partial charge in [0.25, 0.3) is 0 Å². The van der Waals surface area contributed by atoms with Crippen molar-refractivity contribution in [1.82, 2.24) is 9.88 Å². The quantitative estimate of drug-likeness (QED) is 0.652. The molecule has 1 aliphatic rings. The van der Waals surface area contributed by atoms with Gasteiger partial charge in [0.2, 0.25) is 0 Å². The van der Waals surface area contributed by atoms with Crippen molar-refractivity contribution in [3.63, 3.8) is 0 Å². The van der Waals surface area contributed by atoms with E-state index in [0.29, 0.717) is 6.04 Å². The van der Waals surface area contributed by atoms with Crippen molar-refractivity contribution in [2.24, 2.45) is 0 Å². The predicted octanol–water partition coefficient (Wildman–Crippen LogP) is 2.16. The van der Waals surface area contributed by atoms with E-state index in [9.17, 15) is 0 Å². The van der Waals surface area contributed by atoms with Crippen LogP contribution in [0.25, 0.3) is 0 Å². The molecule has 1 aliphatic heterocycles. The standard InChI is InChI=1S/C11H16N2/c1-9-5-6-10(12-8-9)11-4-3-7-13(11)2/h5-6,8,11H,3-4,7H2,1-2H3. The van der Waals surface area contributed by atoms with Crippen LogP contribution >= 0.6 is 0 Å². The monoisotopic (exact) mass is 176 g/mol. The van der Waals surface area contributed by atoms with Crippen molar-refractivity contribution >= 4 is 0 Å². The Labute approximate surface area is 79.6 Å². The van der Waals surface area contributed by atoms with Crippen LogP contribution in [-0.2, 0) is 0 Å². The summed E-state index contributed by atoms with van der Waals surface area (Å²) >= 11 is 0. The maximum atomic E-state index is 4.47. The molecule has 2 nitrogen and oxygen atoms in total. The zero-order valence-electron chi connectivity index (χ0n) is 8.33. The highest BCUT2D eigenvalue weighted by atomic mass is 15.2. The summed E-state index contributed by atoms with van der Waals surface area (Å²) in [5.74, 6) is 0. The van der Waals surface area contributed by atoms with Gasteiger partial charge in [0, 0.05) is 6.20 Å². The number of hydrogen-bond donors (Lipinski definition) is 0. The summed E-state index contributed by atoms with van der Waals surface area (Å²) in [5.41, 5.74) is 2.47. The summed E-state index contributed by atoms with van der Waals surface area (Å²) in [6.07, 6.45) is 4.52. The van der Waals surface area contributed by atoms with Crippen LogP contribution in [0.3, 0.4) is 0 Å². The summed E-state index contributed by atoms with van der Waals surface area (Å²) in [7, 11) is 2.18. The van der Waals surface area contributed by atoms with E-state index < -0.39 is 0 Å². The van der Waals surface area contributed by atoms with Crippen LogP contribution in [-0.4, -0.2) is 23.5 Å². The smallest absolute Gasteiger partial charge is 0.0575 e. The lowest BCUT2D eigenvalue weighted by molar-refractivity contribution is 0.312. The molecule has 0 bridgehead atoms. The molecule has 0 saturated carbocycles. The lowest BCUT2D eigenvalue weighted by Crippen LogP contribution is -2.18. The third-order valence-corrected chi connectivity index (χ3v) is 2.80. The van der Waals surface area contributed by atoms with E-state index in [1.165, 1.54) is 30.6 Å². The molecule has 1 unspecified atom stereocenters. The van der Waals surface area contributed by atoms with Gasteiger partial charge in [0.15, 0.2) is 0 Å². The fraction of sp³-hybridized carbons (Fsp3) is 0.545. The lowest BCUT2D eigenvalue weighted by Gasteiger charge is -2.18. The van der Waals surface area contributed by atoms with E-state index in [-0.39, 0.29) is 0 Å². The molecule has 13 heavy (non-hydrogen) atoms. The number of nitrogens with zero attached hydrogens (tertiary/aromatic N) is 2. The van der Waals surface area contributed by atoms with Gasteiger partial charge >= 0.3 is 0 Å². The average molecular weight is 176 g/mol. The van der Waals surface area contributed by atoms with Crippen molar-refractivity contribution in [2.75, 3.05) is 13.6 Å². The van der Waals surface area contributed by atoms with E-state index in [0.717, 1.165) is 0 Å². The molecule has 0 radical (unpaired) electrons. The minimum Gasteiger partial charge on any atom is -0.298 e. The lowest BCUT2D eigenvalue weighted by atomic mass is 10.1. The molecule has 0 aromatic carbocycles. The molecule has 70 valence electrons. The minimum absolute atomic E-state index is 0.556. The largest absolute Gasteiger partial charge is 0.298 e. The van der Waals surface area contributed by atoms with Crippen LogP contribution in [0.5, 0.6) is 0 Å². The Bertz CT molecular complexity index is 279. The molecule has 1 atom stereocenters. The average Bonchev–Trinajstić information content (AvgIpc) is 2.53. The second-order valence-corrected chi connectivity index (χ2v) is 3.90. The van der Waals surface area contributed by atoms with Gasteiger partial charge in [-0.1, -0.05) is 6.07 Å². The van der Waals surface area contributed by atoms with Gasteiger partial charge in [-0.3, -0.25) is 9.88 Å². The van der Waals surface area contributed by atoms with Gasteiger partial charge < -0.3 is 0 Å². The second-order valence-electron chi connectivity index (χ2n) is 3.90. The third-order valence-electron chi connectivity index (χ3n) is 2.80. The summed E-state index contributed by atoms with van der Waals surface area (Å²) in [6.45, 7) is 3.29. The molecule has 2 heterocycles. The summed E-state index contributed by atoms with van der Waals surface area (Å²) in [4.78, 5) is 6.86. The van der Waals surface area contributed by atoms with E-state index in [1.807, 2.05) is 6.20 Å². The first-order valence-corrected chi connectivity index (χ1v) is 4.90. The summed E-state index contributed by atoms with van der Waals surface area (Å²) < 4.78 is 0. The number of hydrogen-bond acceptors (Lipinski definition) is 2. The maximum absolute atomic E-state index is 4.47. The van der Waals surface area contributed by atoms with Crippen LogP contribution in [0, 0.1) is 6.92 Å². The van der Waals surface area contributed by atoms with Gasteiger partial charge in [-0.2, -0.15) is 0 Å². The van der Waals surface area contributed by atoms with Gasteiger partial charge in [-0.05, 0) is 45.0 Å². The molecular weight excluding hydrogens is 160 g/mol. The third kappa shape index (κ3) is 1.73. The van der Waals surface area contributed by atoms with Crippen LogP contribution in [0.15, 0.2) is 18.3 Å². The normalized spacial score (nSPS) is 23.7. The van der Waals surface area contributed by atoms with Crippen molar-refractivity contribution in [2.45, 2.75) is 25.8 Å². The molecule has 2 rings (SSSR count). The topological polar surface area (TPSA) is 16.1 Å². The number of rotatable bonds is 1. The highest BCUT2D eigenvalue weighted by Gasteiger charge is 2.22. The van der Waals surface area contributed by atoms with Crippen molar-refractivity contribution < 1.29 is 0 Å². The Kier molecular flexibility index (Phi) is 2.32. The van der Waals surface area contributed by atoms with E-state index in [1.54, 1.807) is 0 Å². The van der Waals surface area contributed by atoms with Crippen molar-refractivity contribution in [3.8, 4) is 0 Å². The van der Waals surface area contributed by atoms with Gasteiger partial charge in [-0.15, -0.1) is 0 Å². The van der Waals surface area contributed by atoms with E-state index in [2.05, 4.69) is 36.0 Å². The number of likely N-dealkylation sites (tertiary alicyclic amines) is 1. The van der Waals surface area contributed by atoms with Crippen LogP contribution < -0.4 is 0 Å². The molecule has 1 fully saturated rings. The number of pyridine rings is 1. The zero-order chi connectivity index (χ0) is 9.26.